The molecule has 52 heteroatoms. The summed E-state index contributed by atoms with van der Waals surface area (Å²) in [6.07, 6.45) is -97.0. The Labute approximate surface area is 668 Å². The van der Waals surface area contributed by atoms with Crippen LogP contribution in [0.25, 0.3) is 0 Å². The Balaban J connectivity index is 0.994. The van der Waals surface area contributed by atoms with Crippen LogP contribution in [-0.4, -0.2) is 515 Å². The Bertz CT molecular complexity index is 3140. The van der Waals surface area contributed by atoms with Gasteiger partial charge in [0, 0.05) is 20.8 Å². The van der Waals surface area contributed by atoms with Crippen molar-refractivity contribution in [3.63, 3.8) is 0 Å². The lowest BCUT2D eigenvalue weighted by atomic mass is 9.93. The second kappa shape index (κ2) is 41.8. The molecule has 684 valence electrons. The zero-order chi connectivity index (χ0) is 86.8. The fourth-order valence-corrected chi connectivity index (χ4v) is 15.3. The van der Waals surface area contributed by atoms with Crippen molar-refractivity contribution in [3.8, 4) is 0 Å². The molecule has 10 fully saturated rings. The topological polar surface area (TPSA) is 809 Å². The minimum atomic E-state index is -2.62. The van der Waals surface area contributed by atoms with Gasteiger partial charge in [0.2, 0.25) is 17.7 Å². The monoisotopic (exact) mass is 1730 g/mol. The minimum absolute atomic E-state index is 0.839. The summed E-state index contributed by atoms with van der Waals surface area (Å²) in [6, 6.07) is -5.81. The van der Waals surface area contributed by atoms with Crippen LogP contribution in [0.1, 0.15) is 34.6 Å². The molecule has 118 heavy (non-hydrogen) atoms. The first-order chi connectivity index (χ1) is 55.7. The van der Waals surface area contributed by atoms with E-state index in [1.54, 1.807) is 0 Å². The third-order valence-electron chi connectivity index (χ3n) is 22.0. The SMILES string of the molecule is CC(=O)N[C@H]1[C@H](O[C@H]2[C@H](O)[C@@H](NC(C)=O)C(O)O[C@@H]2CO[C@@H]2O[C@@H](C)[C@@H](O)[C@@H](O)[C@@H]2O)O[C@H](CO)[C@@H](O[C@@H]2O[C@H](CO[C@H]3O[C@H](CO)[C@@H](O)[C@H](O[C@H]4O[C@H](CO)[C@@H](O)[C@H](O)[C@@H]4O)[C@@H]3O)[C@@H](O)[C@H](O[C@H]3O[C@H](CO)[C@@H](O)[C@H](O)[C@@H]3O[C@@H]3O[C@H](CO)[C@@H](O[C@@H]4O[C@H](CO)[C@H](O)[C@H](O)[C@H]4O)[C@H](O[C@@H]4O[C@@H](C)[C@@H](O)[C@@H](O)[C@@H]4O)[C@H]3NC(C)=O)[C@@H]2O)[C@@H]1O. The summed E-state index contributed by atoms with van der Waals surface area (Å²) in [5.74, 6) is -2.84. The number of hydrogen-bond donors (Lipinski definition) is 30. The Morgan fingerprint density at radius 2 is 0.534 bits per heavy atom. The number of rotatable bonds is 29. The van der Waals surface area contributed by atoms with Gasteiger partial charge < -0.3 is 244 Å². The van der Waals surface area contributed by atoms with Crippen molar-refractivity contribution in [1.29, 1.82) is 0 Å². The Morgan fingerprint density at radius 1 is 0.237 bits per heavy atom. The van der Waals surface area contributed by atoms with E-state index in [0.29, 0.717) is 0 Å². The van der Waals surface area contributed by atoms with Gasteiger partial charge in [-0.2, -0.15) is 0 Å². The summed E-state index contributed by atoms with van der Waals surface area (Å²) >= 11 is 0. The first-order valence-corrected chi connectivity index (χ1v) is 37.9. The van der Waals surface area contributed by atoms with E-state index in [0.717, 1.165) is 20.8 Å². The van der Waals surface area contributed by atoms with Crippen molar-refractivity contribution < 1.29 is 242 Å². The van der Waals surface area contributed by atoms with Crippen LogP contribution >= 0.6 is 0 Å². The molecule has 0 saturated carbocycles. The standard InChI is InChI=1S/C66H111N3O49/c1-14-30(79)39(88)44(93)60(102-14)101-13-26-51(37(86)27(57(99)104-26)67-16(3)76)112-58-28(68-17(4)77)38(87)50(23(10-74)109-58)113-65-49(98)55(36(85)25(111-65)12-100-61-48(97)54(35(84)22(9-73)105-61)116-64-47(96)42(91)33(82)20(7-71)107-64)117-66-56(43(92)34(83)21(8-72)108-66)118-59-29(69-18(5)78)53(115-62-45(94)40(89)31(80)15(2)103-62)52(24(11-75)110-59)114-63-46(95)41(90)32(81)19(6-70)106-63/h14-15,19-66,70-75,79-99H,6-13H2,1-5H3,(H,67,76)(H,68,77)(H,69,78)/t14-,15-,19+,20+,21+,22+,23+,24+,25+,26+,27+,28+,29+,30+,31+,32-,33+,34+,35+,36+,37+,38+,39+,40+,41-,42-,43-,44-,45-,46+,47-,48-,49-,50+,51+,52+,53+,54-,55-,56-,57?,58-,59-,60+,61-,62-,63-,64+,65-,66+/m0/s1. The van der Waals surface area contributed by atoms with Gasteiger partial charge in [-0.05, 0) is 13.8 Å². The lowest BCUT2D eigenvalue weighted by Crippen LogP contribution is -2.71. The molecule has 1 unspecified atom stereocenters. The van der Waals surface area contributed by atoms with Gasteiger partial charge in [0.15, 0.2) is 62.9 Å². The van der Waals surface area contributed by atoms with Gasteiger partial charge in [-0.1, -0.05) is 0 Å². The maximum Gasteiger partial charge on any atom is 0.217 e. The van der Waals surface area contributed by atoms with Crippen LogP contribution in [0, 0.1) is 0 Å². The van der Waals surface area contributed by atoms with E-state index in [1.165, 1.54) is 13.8 Å². The smallest absolute Gasteiger partial charge is 0.217 e. The highest BCUT2D eigenvalue weighted by atomic mass is 16.8. The molecule has 0 spiro atoms. The molecule has 10 saturated heterocycles. The van der Waals surface area contributed by atoms with Crippen LogP contribution in [-0.2, 0) is 104 Å². The average molecular weight is 1730 g/mol. The number of nitrogens with one attached hydrogen (secondary N) is 3. The maximum absolute atomic E-state index is 13.5. The maximum atomic E-state index is 13.5. The summed E-state index contributed by atoms with van der Waals surface area (Å²) in [5, 5.41) is 308. The van der Waals surface area contributed by atoms with E-state index in [4.69, 9.17) is 90.0 Å². The molecule has 10 heterocycles. The van der Waals surface area contributed by atoms with E-state index in [9.17, 15) is 152 Å². The van der Waals surface area contributed by atoms with Crippen molar-refractivity contribution in [3.05, 3.63) is 0 Å². The van der Waals surface area contributed by atoms with Gasteiger partial charge in [0.25, 0.3) is 0 Å². The molecule has 0 aliphatic carbocycles. The molecule has 0 aromatic rings. The first kappa shape index (κ1) is 96.8. The number of aliphatic hydroxyl groups excluding tert-OH is 27. The molecular weight excluding hydrogens is 1620 g/mol. The normalized spacial score (nSPS) is 51.1. The molecule has 0 radical (unpaired) electrons. The molecular formula is C66H111N3O49. The zero-order valence-corrected chi connectivity index (χ0v) is 63.6. The molecule has 30 N–H and O–H groups in total. The van der Waals surface area contributed by atoms with Gasteiger partial charge in [0.1, 0.15) is 232 Å². The summed E-state index contributed by atoms with van der Waals surface area (Å²) in [7, 11) is 0. The van der Waals surface area contributed by atoms with Crippen molar-refractivity contribution in [2.24, 2.45) is 0 Å². The number of carbonyl (C=O) groups excluding carboxylic acids is 3. The molecule has 0 aromatic carbocycles. The number of hydrogen-bond acceptors (Lipinski definition) is 49. The predicted octanol–water partition coefficient (Wildman–Crippen LogP) is -20.3. The highest BCUT2D eigenvalue weighted by Crippen LogP contribution is 2.41. The average Bonchev–Trinajstić information content (AvgIpc) is 0.752. The summed E-state index contributed by atoms with van der Waals surface area (Å²) in [4.78, 5) is 39.2. The Morgan fingerprint density at radius 3 is 1.04 bits per heavy atom. The molecule has 0 aromatic heterocycles. The van der Waals surface area contributed by atoms with Gasteiger partial charge >= 0.3 is 0 Å². The Kier molecular flexibility index (Phi) is 34.3. The second-order valence-electron chi connectivity index (χ2n) is 30.2. The zero-order valence-electron chi connectivity index (χ0n) is 63.6. The van der Waals surface area contributed by atoms with Crippen LogP contribution in [0.5, 0.6) is 0 Å². The fourth-order valence-electron chi connectivity index (χ4n) is 15.3. The van der Waals surface area contributed by atoms with Crippen molar-refractivity contribution in [2.75, 3.05) is 52.9 Å². The largest absolute Gasteiger partial charge is 0.394 e. The van der Waals surface area contributed by atoms with Crippen LogP contribution in [0.3, 0.4) is 0 Å². The number of ether oxygens (including phenoxy) is 19. The summed E-state index contributed by atoms with van der Waals surface area (Å²) < 4.78 is 113. The Hall–Kier alpha value is -3.43. The summed E-state index contributed by atoms with van der Waals surface area (Å²) in [5.41, 5.74) is 0. The molecule has 10 aliphatic heterocycles. The van der Waals surface area contributed by atoms with Gasteiger partial charge in [-0.15, -0.1) is 0 Å². The first-order valence-electron chi connectivity index (χ1n) is 37.9. The number of amides is 3. The lowest BCUT2D eigenvalue weighted by molar-refractivity contribution is -0.403. The lowest BCUT2D eigenvalue weighted by Gasteiger charge is -2.52. The second-order valence-corrected chi connectivity index (χ2v) is 30.2. The van der Waals surface area contributed by atoms with Crippen molar-refractivity contribution in [1.82, 2.24) is 16.0 Å². The van der Waals surface area contributed by atoms with E-state index in [2.05, 4.69) is 16.0 Å². The molecule has 0 bridgehead atoms. The van der Waals surface area contributed by atoms with E-state index < -0.39 is 377 Å². The van der Waals surface area contributed by atoms with Crippen LogP contribution in [0.15, 0.2) is 0 Å². The summed E-state index contributed by atoms with van der Waals surface area (Å²) in [6.45, 7) is -3.46. The van der Waals surface area contributed by atoms with Crippen molar-refractivity contribution >= 4 is 17.7 Å². The van der Waals surface area contributed by atoms with Gasteiger partial charge in [-0.25, -0.2) is 0 Å². The highest BCUT2D eigenvalue weighted by Gasteiger charge is 2.62. The molecule has 10 rings (SSSR count). The molecule has 50 atom stereocenters. The third-order valence-corrected chi connectivity index (χ3v) is 22.0. The van der Waals surface area contributed by atoms with Crippen molar-refractivity contribution in [2.45, 2.75) is 341 Å². The van der Waals surface area contributed by atoms with E-state index in [1.807, 2.05) is 0 Å². The number of carbonyl (C=O) groups is 3. The van der Waals surface area contributed by atoms with Gasteiger partial charge in [0.05, 0.1) is 65.1 Å². The van der Waals surface area contributed by atoms with Crippen LogP contribution in [0.4, 0.5) is 0 Å². The van der Waals surface area contributed by atoms with E-state index >= 15 is 0 Å². The van der Waals surface area contributed by atoms with Crippen LogP contribution in [0.2, 0.25) is 0 Å². The quantitative estimate of drug-likeness (QED) is 0.0331. The molecule has 10 aliphatic rings. The minimum Gasteiger partial charge on any atom is -0.394 e. The van der Waals surface area contributed by atoms with Crippen LogP contribution < -0.4 is 16.0 Å². The third kappa shape index (κ3) is 21.0. The fraction of sp³-hybridized carbons (Fsp3) is 0.955. The molecule has 52 nitrogen and oxygen atoms in total. The highest BCUT2D eigenvalue weighted by molar-refractivity contribution is 5.74. The van der Waals surface area contributed by atoms with E-state index in [-0.39, 0.29) is 0 Å². The molecule has 3 amide bonds. The number of aliphatic hydroxyl groups is 27. The van der Waals surface area contributed by atoms with Gasteiger partial charge in [-0.3, -0.25) is 14.4 Å². The predicted molar refractivity (Wildman–Crippen MR) is 362 cm³/mol.